The monoisotopic (exact) mass is 396 g/mol. The highest BCUT2D eigenvalue weighted by Gasteiger charge is 2.35. The average Bonchev–Trinajstić information content (AvgIpc) is 3.10. The minimum atomic E-state index is -0.534. The third-order valence-corrected chi connectivity index (χ3v) is 4.61. The molecule has 0 bridgehead atoms. The lowest BCUT2D eigenvalue weighted by atomic mass is 10.1. The first-order valence-electron chi connectivity index (χ1n) is 9.44. The third-order valence-electron chi connectivity index (χ3n) is 4.61. The van der Waals surface area contributed by atoms with Crippen molar-refractivity contribution < 1.29 is 23.9 Å². The quantitative estimate of drug-likeness (QED) is 0.758. The average molecular weight is 396 g/mol. The number of ether oxygens (including phenoxy) is 2. The summed E-state index contributed by atoms with van der Waals surface area (Å²) in [5.41, 5.74) is 1.35. The lowest BCUT2D eigenvalue weighted by Gasteiger charge is -2.18. The Morgan fingerprint density at radius 3 is 2.45 bits per heavy atom. The van der Waals surface area contributed by atoms with Crippen LogP contribution in [0.5, 0.6) is 5.75 Å². The molecule has 0 aliphatic carbocycles. The number of hydrogen-bond acceptors (Lipinski definition) is 5. The SMILES string of the molecule is COC(=O)c1ccccc1NC(=O)[C@H]1CC(=O)N(c2ccc(OC(C)C)cc2)C1. The molecular weight excluding hydrogens is 372 g/mol. The van der Waals surface area contributed by atoms with Gasteiger partial charge in [-0.15, -0.1) is 0 Å². The summed E-state index contributed by atoms with van der Waals surface area (Å²) in [5, 5.41) is 2.75. The number of amides is 2. The van der Waals surface area contributed by atoms with Gasteiger partial charge in [-0.25, -0.2) is 4.79 Å². The Hall–Kier alpha value is -3.35. The van der Waals surface area contributed by atoms with Crippen LogP contribution in [-0.2, 0) is 14.3 Å². The van der Waals surface area contributed by atoms with E-state index in [0.717, 1.165) is 11.4 Å². The summed E-state index contributed by atoms with van der Waals surface area (Å²) < 4.78 is 10.4. The fourth-order valence-electron chi connectivity index (χ4n) is 3.22. The van der Waals surface area contributed by atoms with Crippen LogP contribution in [0, 0.1) is 5.92 Å². The summed E-state index contributed by atoms with van der Waals surface area (Å²) in [6.07, 6.45) is 0.173. The number of rotatable bonds is 6. The topological polar surface area (TPSA) is 84.9 Å². The highest BCUT2D eigenvalue weighted by molar-refractivity contribution is 6.06. The first kappa shape index (κ1) is 20.4. The first-order chi connectivity index (χ1) is 13.9. The number of esters is 1. The molecule has 0 aromatic heterocycles. The predicted octanol–water partition coefficient (Wildman–Crippen LogP) is 3.25. The van der Waals surface area contributed by atoms with Crippen molar-refractivity contribution in [1.82, 2.24) is 0 Å². The second-order valence-corrected chi connectivity index (χ2v) is 7.09. The van der Waals surface area contributed by atoms with Gasteiger partial charge in [0.1, 0.15) is 5.75 Å². The minimum Gasteiger partial charge on any atom is -0.491 e. The van der Waals surface area contributed by atoms with E-state index in [1.54, 1.807) is 29.2 Å². The van der Waals surface area contributed by atoms with E-state index in [0.29, 0.717) is 5.69 Å². The van der Waals surface area contributed by atoms with E-state index in [9.17, 15) is 14.4 Å². The molecule has 1 N–H and O–H groups in total. The molecule has 0 unspecified atom stereocenters. The van der Waals surface area contributed by atoms with Gasteiger partial charge in [-0.3, -0.25) is 9.59 Å². The number of methoxy groups -OCH3 is 1. The summed E-state index contributed by atoms with van der Waals surface area (Å²) in [6, 6.07) is 13.8. The van der Waals surface area contributed by atoms with Gasteiger partial charge in [0.25, 0.3) is 0 Å². The molecule has 0 saturated carbocycles. The van der Waals surface area contributed by atoms with E-state index < -0.39 is 11.9 Å². The van der Waals surface area contributed by atoms with E-state index in [1.165, 1.54) is 7.11 Å². The number of carbonyl (C=O) groups is 3. The molecule has 1 aliphatic heterocycles. The van der Waals surface area contributed by atoms with E-state index in [1.807, 2.05) is 38.1 Å². The van der Waals surface area contributed by atoms with Gasteiger partial charge in [-0.05, 0) is 50.2 Å². The van der Waals surface area contributed by atoms with Crippen LogP contribution in [-0.4, -0.2) is 37.5 Å². The third kappa shape index (κ3) is 4.74. The summed E-state index contributed by atoms with van der Waals surface area (Å²) in [6.45, 7) is 4.16. The number of nitrogens with one attached hydrogen (secondary N) is 1. The zero-order chi connectivity index (χ0) is 21.0. The van der Waals surface area contributed by atoms with Crippen molar-refractivity contribution in [3.63, 3.8) is 0 Å². The normalized spacial score (nSPS) is 16.1. The molecular formula is C22H24N2O5. The lowest BCUT2D eigenvalue weighted by Crippen LogP contribution is -2.28. The minimum absolute atomic E-state index is 0.0650. The van der Waals surface area contributed by atoms with Gasteiger partial charge in [0.15, 0.2) is 0 Å². The van der Waals surface area contributed by atoms with Crippen molar-refractivity contribution in [1.29, 1.82) is 0 Å². The van der Waals surface area contributed by atoms with Crippen molar-refractivity contribution in [3.05, 3.63) is 54.1 Å². The van der Waals surface area contributed by atoms with Gasteiger partial charge in [0.2, 0.25) is 11.8 Å². The fraction of sp³-hybridized carbons (Fsp3) is 0.318. The van der Waals surface area contributed by atoms with Crippen molar-refractivity contribution in [2.75, 3.05) is 23.9 Å². The molecule has 1 aliphatic rings. The van der Waals surface area contributed by atoms with Gasteiger partial charge < -0.3 is 19.7 Å². The van der Waals surface area contributed by atoms with Crippen LogP contribution in [0.25, 0.3) is 0 Å². The Labute approximate surface area is 169 Å². The van der Waals surface area contributed by atoms with Crippen molar-refractivity contribution in [3.8, 4) is 5.75 Å². The largest absolute Gasteiger partial charge is 0.491 e. The number of benzene rings is 2. The van der Waals surface area contributed by atoms with Crippen molar-refractivity contribution in [2.45, 2.75) is 26.4 Å². The molecule has 1 fully saturated rings. The van der Waals surface area contributed by atoms with Crippen molar-refractivity contribution in [2.24, 2.45) is 5.92 Å². The summed E-state index contributed by atoms with van der Waals surface area (Å²) >= 11 is 0. The van der Waals surface area contributed by atoms with Gasteiger partial charge in [-0.2, -0.15) is 0 Å². The highest BCUT2D eigenvalue weighted by Crippen LogP contribution is 2.28. The van der Waals surface area contributed by atoms with Crippen molar-refractivity contribution >= 4 is 29.2 Å². The van der Waals surface area contributed by atoms with Crippen LogP contribution >= 0.6 is 0 Å². The van der Waals surface area contributed by atoms with Crippen LogP contribution in [0.15, 0.2) is 48.5 Å². The number of para-hydroxylation sites is 1. The first-order valence-corrected chi connectivity index (χ1v) is 9.44. The number of carbonyl (C=O) groups excluding carboxylic acids is 3. The zero-order valence-corrected chi connectivity index (χ0v) is 16.7. The summed E-state index contributed by atoms with van der Waals surface area (Å²) in [4.78, 5) is 38.6. The second-order valence-electron chi connectivity index (χ2n) is 7.09. The van der Waals surface area contributed by atoms with Crippen LogP contribution < -0.4 is 15.0 Å². The number of anilines is 2. The summed E-state index contributed by atoms with van der Waals surface area (Å²) in [7, 11) is 1.28. The van der Waals surface area contributed by atoms with E-state index in [2.05, 4.69) is 5.32 Å². The smallest absolute Gasteiger partial charge is 0.339 e. The number of nitrogens with zero attached hydrogens (tertiary/aromatic N) is 1. The number of hydrogen-bond donors (Lipinski definition) is 1. The lowest BCUT2D eigenvalue weighted by molar-refractivity contribution is -0.122. The van der Waals surface area contributed by atoms with E-state index in [4.69, 9.17) is 9.47 Å². The fourth-order valence-corrected chi connectivity index (χ4v) is 3.22. The molecule has 152 valence electrons. The Balaban J connectivity index is 1.69. The van der Waals surface area contributed by atoms with Crippen LogP contribution in [0.4, 0.5) is 11.4 Å². The predicted molar refractivity (Wildman–Crippen MR) is 109 cm³/mol. The molecule has 0 spiro atoms. The van der Waals surface area contributed by atoms with E-state index in [-0.39, 0.29) is 36.4 Å². The Bertz CT molecular complexity index is 908. The van der Waals surface area contributed by atoms with Gasteiger partial charge >= 0.3 is 5.97 Å². The molecule has 2 aromatic carbocycles. The van der Waals surface area contributed by atoms with Gasteiger partial charge in [-0.1, -0.05) is 12.1 Å². The van der Waals surface area contributed by atoms with Gasteiger partial charge in [0.05, 0.1) is 30.4 Å². The molecule has 1 atom stereocenters. The molecule has 7 heteroatoms. The molecule has 7 nitrogen and oxygen atoms in total. The zero-order valence-electron chi connectivity index (χ0n) is 16.7. The Kier molecular flexibility index (Phi) is 6.16. The Morgan fingerprint density at radius 2 is 1.79 bits per heavy atom. The molecule has 29 heavy (non-hydrogen) atoms. The maximum absolute atomic E-state index is 12.7. The van der Waals surface area contributed by atoms with Crippen LogP contribution in [0.1, 0.15) is 30.6 Å². The highest BCUT2D eigenvalue weighted by atomic mass is 16.5. The van der Waals surface area contributed by atoms with Crippen LogP contribution in [0.3, 0.4) is 0 Å². The molecule has 2 aromatic rings. The maximum atomic E-state index is 12.7. The second kappa shape index (κ2) is 8.77. The summed E-state index contributed by atoms with van der Waals surface area (Å²) in [5.74, 6) is -0.751. The molecule has 1 heterocycles. The van der Waals surface area contributed by atoms with E-state index >= 15 is 0 Å². The van der Waals surface area contributed by atoms with Gasteiger partial charge in [0, 0.05) is 18.7 Å². The molecule has 3 rings (SSSR count). The standard InChI is InChI=1S/C22H24N2O5/c1-14(2)29-17-10-8-16(9-11-17)24-13-15(12-20(24)25)21(26)23-19-7-5-4-6-18(19)22(27)28-3/h4-11,14-15H,12-13H2,1-3H3,(H,23,26)/t15-/m0/s1. The molecule has 2 amide bonds. The van der Waals surface area contributed by atoms with Crippen LogP contribution in [0.2, 0.25) is 0 Å². The molecule has 0 radical (unpaired) electrons. The maximum Gasteiger partial charge on any atom is 0.339 e. The molecule has 1 saturated heterocycles. The Morgan fingerprint density at radius 1 is 1.10 bits per heavy atom.